The highest BCUT2D eigenvalue weighted by Crippen LogP contribution is 2.29. The van der Waals surface area contributed by atoms with Crippen molar-refractivity contribution in [3.63, 3.8) is 0 Å². The number of hydrogen-bond acceptors (Lipinski definition) is 6. The molecule has 126 valence electrons. The Bertz CT molecular complexity index is 822. The Hall–Kier alpha value is -3.53. The number of aromatic nitrogens is 1. The molecule has 1 N–H and O–H groups in total. The Morgan fingerprint density at radius 2 is 2.04 bits per heavy atom. The minimum absolute atomic E-state index is 0.0537. The molecular formula is C18H14N2O5. The second kappa shape index (κ2) is 7.36. The first-order valence-corrected chi connectivity index (χ1v) is 7.42. The van der Waals surface area contributed by atoms with Gasteiger partial charge in [-0.15, -0.1) is 6.42 Å². The molecular weight excluding hydrogens is 324 g/mol. The van der Waals surface area contributed by atoms with Crippen LogP contribution in [0.25, 0.3) is 0 Å². The van der Waals surface area contributed by atoms with Crippen LogP contribution in [0.5, 0.6) is 11.5 Å². The zero-order valence-corrected chi connectivity index (χ0v) is 13.1. The van der Waals surface area contributed by atoms with E-state index in [-0.39, 0.29) is 18.4 Å². The summed E-state index contributed by atoms with van der Waals surface area (Å²) in [7, 11) is 0. The highest BCUT2D eigenvalue weighted by Gasteiger charge is 2.24. The molecule has 1 aliphatic rings. The average molecular weight is 338 g/mol. The molecule has 0 aliphatic carbocycles. The van der Waals surface area contributed by atoms with Gasteiger partial charge in [-0.05, 0) is 29.8 Å². The predicted octanol–water partition coefficient (Wildman–Crippen LogP) is 2.65. The van der Waals surface area contributed by atoms with E-state index in [9.17, 15) is 4.79 Å². The second-order valence-electron chi connectivity index (χ2n) is 5.13. The van der Waals surface area contributed by atoms with Gasteiger partial charge in [0, 0.05) is 0 Å². The van der Waals surface area contributed by atoms with Gasteiger partial charge >= 0.3 is 5.97 Å². The van der Waals surface area contributed by atoms with Crippen LogP contribution in [-0.4, -0.2) is 28.6 Å². The smallest absolute Gasteiger partial charge is 0.354 e. The lowest BCUT2D eigenvalue weighted by Gasteiger charge is -2.09. The third-order valence-electron chi connectivity index (χ3n) is 3.41. The molecule has 1 aromatic carbocycles. The van der Waals surface area contributed by atoms with Crippen molar-refractivity contribution >= 4 is 11.9 Å². The van der Waals surface area contributed by atoms with Crippen molar-refractivity contribution in [2.75, 3.05) is 6.61 Å². The first-order valence-electron chi connectivity index (χ1n) is 7.42. The fraction of sp³-hybridized carbons (Fsp3) is 0.167. The van der Waals surface area contributed by atoms with Crippen LogP contribution in [0.1, 0.15) is 28.6 Å². The van der Waals surface area contributed by atoms with Crippen LogP contribution in [0.2, 0.25) is 0 Å². The molecule has 7 nitrogen and oxygen atoms in total. The molecule has 2 aromatic rings. The molecule has 25 heavy (non-hydrogen) atoms. The molecule has 7 heteroatoms. The van der Waals surface area contributed by atoms with Crippen LogP contribution >= 0.6 is 0 Å². The van der Waals surface area contributed by atoms with Crippen LogP contribution in [-0.2, 0) is 4.84 Å². The van der Waals surface area contributed by atoms with E-state index in [1.54, 1.807) is 0 Å². The average Bonchev–Trinajstić information content (AvgIpc) is 3.09. The first-order chi connectivity index (χ1) is 12.2. The standard InChI is InChI=1S/C18H14N2O5/c1-2-9-23-13-5-3-12(4-6-13)16-10-17(20-25-16)24-14-7-8-15(18(21)22)19-11-14/h1,3-8,11,16H,9-10H2,(H,21,22)/t16-/m1/s1. The number of rotatable bonds is 5. The fourth-order valence-corrected chi connectivity index (χ4v) is 2.20. The summed E-state index contributed by atoms with van der Waals surface area (Å²) in [6.45, 7) is 0.217. The Morgan fingerprint density at radius 3 is 2.68 bits per heavy atom. The van der Waals surface area contributed by atoms with Gasteiger partial charge < -0.3 is 19.4 Å². The zero-order valence-electron chi connectivity index (χ0n) is 13.1. The highest BCUT2D eigenvalue weighted by atomic mass is 16.7. The largest absolute Gasteiger partial charge is 0.481 e. The van der Waals surface area contributed by atoms with Gasteiger partial charge in [-0.3, -0.25) is 0 Å². The lowest BCUT2D eigenvalue weighted by Crippen LogP contribution is -2.08. The number of pyridine rings is 1. The van der Waals surface area contributed by atoms with Crippen molar-refractivity contribution in [3.05, 3.63) is 53.9 Å². The third kappa shape index (κ3) is 4.06. The number of ether oxygens (including phenoxy) is 2. The number of carboxylic acids is 1. The summed E-state index contributed by atoms with van der Waals surface area (Å²) in [4.78, 5) is 19.9. The summed E-state index contributed by atoms with van der Waals surface area (Å²) < 4.78 is 10.9. The van der Waals surface area contributed by atoms with Crippen LogP contribution in [0.4, 0.5) is 0 Å². The first kappa shape index (κ1) is 16.3. The van der Waals surface area contributed by atoms with E-state index in [0.29, 0.717) is 23.8 Å². The van der Waals surface area contributed by atoms with Gasteiger partial charge in [-0.25, -0.2) is 9.78 Å². The number of aromatic carboxylic acids is 1. The number of terminal acetylenes is 1. The van der Waals surface area contributed by atoms with E-state index in [1.165, 1.54) is 18.3 Å². The number of nitrogens with zero attached hydrogens (tertiary/aromatic N) is 2. The van der Waals surface area contributed by atoms with E-state index in [2.05, 4.69) is 16.1 Å². The molecule has 2 heterocycles. The molecule has 0 amide bonds. The van der Waals surface area contributed by atoms with Crippen LogP contribution < -0.4 is 9.47 Å². The summed E-state index contributed by atoms with van der Waals surface area (Å²) in [5.74, 6) is 2.78. The van der Waals surface area contributed by atoms with Crippen LogP contribution in [0, 0.1) is 12.3 Å². The third-order valence-corrected chi connectivity index (χ3v) is 3.41. The fourth-order valence-electron chi connectivity index (χ4n) is 2.20. The summed E-state index contributed by atoms with van der Waals surface area (Å²) >= 11 is 0. The number of carbonyl (C=O) groups is 1. The maximum atomic E-state index is 10.8. The Labute approximate surface area is 143 Å². The zero-order chi connectivity index (χ0) is 17.6. The molecule has 0 saturated carbocycles. The van der Waals surface area contributed by atoms with Crippen molar-refractivity contribution in [1.29, 1.82) is 0 Å². The van der Waals surface area contributed by atoms with Crippen molar-refractivity contribution < 1.29 is 24.2 Å². The number of hydrogen-bond donors (Lipinski definition) is 1. The molecule has 0 unspecified atom stereocenters. The van der Waals surface area contributed by atoms with Gasteiger partial charge in [-0.1, -0.05) is 23.2 Å². The van der Waals surface area contributed by atoms with Gasteiger partial charge in [0.15, 0.2) is 6.10 Å². The number of carboxylic acid groups (broad SMARTS) is 1. The Balaban J connectivity index is 1.57. The number of oxime groups is 1. The van der Waals surface area contributed by atoms with Crippen molar-refractivity contribution in [3.8, 4) is 23.8 Å². The van der Waals surface area contributed by atoms with Gasteiger partial charge in [0.1, 0.15) is 23.8 Å². The van der Waals surface area contributed by atoms with Crippen molar-refractivity contribution in [2.45, 2.75) is 12.5 Å². The minimum atomic E-state index is -1.09. The molecule has 0 fully saturated rings. The SMILES string of the molecule is C#CCOc1ccc([C@H]2CC(Oc3ccc(C(=O)O)nc3)=NO2)cc1. The maximum absolute atomic E-state index is 10.8. The van der Waals surface area contributed by atoms with Gasteiger partial charge in [0.05, 0.1) is 12.6 Å². The van der Waals surface area contributed by atoms with Gasteiger partial charge in [-0.2, -0.15) is 0 Å². The topological polar surface area (TPSA) is 90.2 Å². The molecule has 0 bridgehead atoms. The molecule has 1 aromatic heterocycles. The molecule has 1 aliphatic heterocycles. The summed E-state index contributed by atoms with van der Waals surface area (Å²) in [6.07, 6.45) is 6.67. The summed E-state index contributed by atoms with van der Waals surface area (Å²) in [5.41, 5.74) is 0.872. The second-order valence-corrected chi connectivity index (χ2v) is 5.13. The maximum Gasteiger partial charge on any atom is 0.354 e. The molecule has 0 spiro atoms. The summed E-state index contributed by atoms with van der Waals surface area (Å²) in [6, 6.07) is 10.2. The lowest BCUT2D eigenvalue weighted by molar-refractivity contribution is 0.0690. The van der Waals surface area contributed by atoms with Crippen LogP contribution in [0.3, 0.4) is 0 Å². The normalized spacial score (nSPS) is 15.6. The lowest BCUT2D eigenvalue weighted by atomic mass is 10.1. The van der Waals surface area contributed by atoms with Crippen LogP contribution in [0.15, 0.2) is 47.8 Å². The molecule has 0 radical (unpaired) electrons. The number of benzene rings is 1. The van der Waals surface area contributed by atoms with E-state index >= 15 is 0 Å². The van der Waals surface area contributed by atoms with E-state index in [0.717, 1.165) is 5.56 Å². The minimum Gasteiger partial charge on any atom is -0.481 e. The predicted molar refractivity (Wildman–Crippen MR) is 88.5 cm³/mol. The van der Waals surface area contributed by atoms with E-state index < -0.39 is 5.97 Å². The van der Waals surface area contributed by atoms with Crippen molar-refractivity contribution in [1.82, 2.24) is 4.98 Å². The quantitative estimate of drug-likeness (QED) is 0.843. The van der Waals surface area contributed by atoms with Gasteiger partial charge in [0.2, 0.25) is 5.90 Å². The molecule has 3 rings (SSSR count). The summed E-state index contributed by atoms with van der Waals surface area (Å²) in [5, 5.41) is 12.7. The molecule has 0 saturated heterocycles. The monoisotopic (exact) mass is 338 g/mol. The van der Waals surface area contributed by atoms with Gasteiger partial charge in [0.25, 0.3) is 0 Å². The Morgan fingerprint density at radius 1 is 1.28 bits per heavy atom. The Kier molecular flexibility index (Phi) is 4.81. The molecule has 1 atom stereocenters. The van der Waals surface area contributed by atoms with Crippen molar-refractivity contribution in [2.24, 2.45) is 5.16 Å². The van der Waals surface area contributed by atoms with E-state index in [1.807, 2.05) is 24.3 Å². The van der Waals surface area contributed by atoms with E-state index in [4.69, 9.17) is 25.8 Å². The highest BCUT2D eigenvalue weighted by molar-refractivity contribution is 5.85.